The molecule has 6 heteroatoms. The zero-order chi connectivity index (χ0) is 25.0. The topological polar surface area (TPSA) is 85.0 Å². The highest BCUT2D eigenvalue weighted by Crippen LogP contribution is 2.49. The Morgan fingerprint density at radius 2 is 1.72 bits per heavy atom. The molecule has 1 saturated carbocycles. The summed E-state index contributed by atoms with van der Waals surface area (Å²) in [5, 5.41) is 9.85. The largest absolute Gasteiger partial charge is 0.488 e. The average molecular weight is 487 g/mol. The Balaban J connectivity index is 1.40. The highest BCUT2D eigenvalue weighted by molar-refractivity contribution is 5.70. The average Bonchev–Trinajstić information content (AvgIpc) is 2.90. The summed E-state index contributed by atoms with van der Waals surface area (Å²) in [5.74, 6) is 0.708. The maximum absolute atomic E-state index is 10.7. The van der Waals surface area contributed by atoms with Gasteiger partial charge in [0.05, 0.1) is 6.10 Å². The highest BCUT2D eigenvalue weighted by atomic mass is 16.5. The first kappa shape index (κ1) is 24.3. The minimum Gasteiger partial charge on any atom is -0.488 e. The van der Waals surface area contributed by atoms with Crippen LogP contribution in [0, 0.1) is 5.41 Å². The monoisotopic (exact) mass is 486 g/mol. The van der Waals surface area contributed by atoms with Crippen molar-refractivity contribution in [3.8, 4) is 16.9 Å². The molecule has 36 heavy (non-hydrogen) atoms. The van der Waals surface area contributed by atoms with Gasteiger partial charge >= 0.3 is 0 Å². The van der Waals surface area contributed by atoms with Gasteiger partial charge in [0.1, 0.15) is 19.0 Å². The molecule has 1 aliphatic carbocycles. The zero-order valence-electron chi connectivity index (χ0n) is 20.6. The van der Waals surface area contributed by atoms with E-state index < -0.39 is 0 Å². The third-order valence-corrected chi connectivity index (χ3v) is 7.67. The van der Waals surface area contributed by atoms with Crippen molar-refractivity contribution >= 4 is 12.2 Å². The predicted octanol–water partition coefficient (Wildman–Crippen LogP) is 4.81. The summed E-state index contributed by atoms with van der Waals surface area (Å²) in [7, 11) is 0. The van der Waals surface area contributed by atoms with Gasteiger partial charge in [0.2, 0.25) is 0 Å². The van der Waals surface area contributed by atoms with E-state index in [-0.39, 0.29) is 12.7 Å². The Hall–Kier alpha value is -3.35. The summed E-state index contributed by atoms with van der Waals surface area (Å²) < 4.78 is 11.2. The molecule has 2 fully saturated rings. The number of aliphatic hydroxyl groups is 1. The minimum absolute atomic E-state index is 0.113. The summed E-state index contributed by atoms with van der Waals surface area (Å²) in [6.07, 6.45) is 4.01. The van der Waals surface area contributed by atoms with Gasteiger partial charge in [-0.05, 0) is 83.7 Å². The van der Waals surface area contributed by atoms with Gasteiger partial charge in [-0.3, -0.25) is 4.79 Å². The highest BCUT2D eigenvalue weighted by Gasteiger charge is 2.45. The van der Waals surface area contributed by atoms with Crippen LogP contribution < -0.4 is 15.4 Å². The minimum atomic E-state index is -0.113. The SMILES string of the molecule is NCc1cccc(-c2cc(COc3ccccc3COC=O)cc(N3CCC4(CC3)CC(O)C4)c2)c1. The number of benzene rings is 3. The molecule has 1 heterocycles. The molecule has 0 aromatic heterocycles. The lowest BCUT2D eigenvalue weighted by atomic mass is 9.61. The molecule has 0 amide bonds. The van der Waals surface area contributed by atoms with Crippen LogP contribution in [0.25, 0.3) is 11.1 Å². The molecular formula is C30H34N2O4. The zero-order valence-corrected chi connectivity index (χ0v) is 20.6. The molecule has 3 aromatic rings. The van der Waals surface area contributed by atoms with E-state index in [4.69, 9.17) is 15.2 Å². The second-order valence-corrected chi connectivity index (χ2v) is 10.1. The van der Waals surface area contributed by atoms with E-state index in [0.717, 1.165) is 66.6 Å². The fourth-order valence-corrected chi connectivity index (χ4v) is 5.62. The van der Waals surface area contributed by atoms with Gasteiger partial charge in [0, 0.05) is 30.9 Å². The molecule has 0 bridgehead atoms. The van der Waals surface area contributed by atoms with Crippen LogP contribution in [0.4, 0.5) is 5.69 Å². The predicted molar refractivity (Wildman–Crippen MR) is 141 cm³/mol. The second kappa shape index (κ2) is 10.7. The molecule has 3 N–H and O–H groups in total. The second-order valence-electron chi connectivity index (χ2n) is 10.1. The van der Waals surface area contributed by atoms with Gasteiger partial charge in [-0.15, -0.1) is 0 Å². The lowest BCUT2D eigenvalue weighted by Crippen LogP contribution is -2.49. The first-order valence-electron chi connectivity index (χ1n) is 12.7. The molecule has 1 saturated heterocycles. The van der Waals surface area contributed by atoms with Crippen LogP contribution >= 0.6 is 0 Å². The van der Waals surface area contributed by atoms with Crippen molar-refractivity contribution in [2.75, 3.05) is 18.0 Å². The molecule has 0 radical (unpaired) electrons. The van der Waals surface area contributed by atoms with Crippen molar-refractivity contribution in [3.63, 3.8) is 0 Å². The van der Waals surface area contributed by atoms with Gasteiger partial charge in [-0.2, -0.15) is 0 Å². The van der Waals surface area contributed by atoms with E-state index >= 15 is 0 Å². The number of aliphatic hydroxyl groups excluding tert-OH is 1. The Labute approximate surface area is 212 Å². The summed E-state index contributed by atoms with van der Waals surface area (Å²) >= 11 is 0. The fourth-order valence-electron chi connectivity index (χ4n) is 5.62. The van der Waals surface area contributed by atoms with Gasteiger partial charge in [0.15, 0.2) is 0 Å². The third-order valence-electron chi connectivity index (χ3n) is 7.67. The van der Waals surface area contributed by atoms with Gasteiger partial charge < -0.3 is 25.2 Å². The number of nitrogens with zero attached hydrogens (tertiary/aromatic N) is 1. The number of nitrogens with two attached hydrogens (primary N) is 1. The van der Waals surface area contributed by atoms with Gasteiger partial charge in [-0.1, -0.05) is 36.4 Å². The lowest BCUT2D eigenvalue weighted by molar-refractivity contribution is -0.129. The van der Waals surface area contributed by atoms with Crippen molar-refractivity contribution in [3.05, 3.63) is 83.4 Å². The van der Waals surface area contributed by atoms with Crippen molar-refractivity contribution < 1.29 is 19.4 Å². The van der Waals surface area contributed by atoms with E-state index in [1.165, 1.54) is 5.69 Å². The smallest absolute Gasteiger partial charge is 0.293 e. The van der Waals surface area contributed by atoms with Crippen LogP contribution in [0.15, 0.2) is 66.7 Å². The number of hydrogen-bond acceptors (Lipinski definition) is 6. The van der Waals surface area contributed by atoms with Crippen molar-refractivity contribution in [1.29, 1.82) is 0 Å². The number of carbonyl (C=O) groups excluding carboxylic acids is 1. The Bertz CT molecular complexity index is 1200. The van der Waals surface area contributed by atoms with E-state index in [1.807, 2.05) is 30.3 Å². The Kier molecular flexibility index (Phi) is 7.25. The van der Waals surface area contributed by atoms with Crippen LogP contribution in [0.2, 0.25) is 0 Å². The first-order chi connectivity index (χ1) is 17.6. The molecule has 3 aromatic carbocycles. The summed E-state index contributed by atoms with van der Waals surface area (Å²) in [6.45, 7) is 3.52. The fraction of sp³-hybridized carbons (Fsp3) is 0.367. The number of ether oxygens (including phenoxy) is 2. The van der Waals surface area contributed by atoms with Crippen LogP contribution in [0.1, 0.15) is 42.4 Å². The Morgan fingerprint density at radius 3 is 2.47 bits per heavy atom. The van der Waals surface area contributed by atoms with Crippen LogP contribution in [0.3, 0.4) is 0 Å². The maximum Gasteiger partial charge on any atom is 0.293 e. The standard InChI is InChI=1S/C30H34N2O4/c31-18-22-4-3-6-24(12-22)26-13-23(19-36-29-7-2-1-5-25(29)20-35-21-33)14-27(15-26)32-10-8-30(9-11-32)16-28(34)17-30/h1-7,12-15,21,28,34H,8-11,16-20,31H2. The summed E-state index contributed by atoms with van der Waals surface area (Å²) in [5.41, 5.74) is 12.7. The number of rotatable bonds is 9. The lowest BCUT2D eigenvalue weighted by Gasteiger charge is -2.51. The normalized spacial score (nSPS) is 17.0. The molecule has 0 unspecified atom stereocenters. The molecule has 6 nitrogen and oxygen atoms in total. The van der Waals surface area contributed by atoms with E-state index in [2.05, 4.69) is 41.3 Å². The quantitative estimate of drug-likeness (QED) is 0.423. The number of anilines is 1. The number of para-hydroxylation sites is 1. The molecule has 1 spiro atoms. The van der Waals surface area contributed by atoms with E-state index in [0.29, 0.717) is 30.8 Å². The van der Waals surface area contributed by atoms with Gasteiger partial charge in [0.25, 0.3) is 6.47 Å². The molecule has 2 aliphatic rings. The number of hydrogen-bond donors (Lipinski definition) is 2. The van der Waals surface area contributed by atoms with E-state index in [9.17, 15) is 9.90 Å². The summed E-state index contributed by atoms with van der Waals surface area (Å²) in [6, 6.07) is 22.7. The molecule has 0 atom stereocenters. The maximum atomic E-state index is 10.7. The van der Waals surface area contributed by atoms with Crippen LogP contribution in [-0.2, 0) is 29.3 Å². The van der Waals surface area contributed by atoms with Crippen molar-refractivity contribution in [1.82, 2.24) is 0 Å². The van der Waals surface area contributed by atoms with Crippen LogP contribution in [-0.4, -0.2) is 30.8 Å². The van der Waals surface area contributed by atoms with Gasteiger partial charge in [-0.25, -0.2) is 0 Å². The molecule has 188 valence electrons. The molecule has 5 rings (SSSR count). The van der Waals surface area contributed by atoms with Crippen molar-refractivity contribution in [2.24, 2.45) is 11.1 Å². The number of piperidine rings is 1. The third kappa shape index (κ3) is 5.40. The van der Waals surface area contributed by atoms with Crippen molar-refractivity contribution in [2.45, 2.75) is 51.5 Å². The molecule has 1 aliphatic heterocycles. The van der Waals surface area contributed by atoms with E-state index in [1.54, 1.807) is 0 Å². The summed E-state index contributed by atoms with van der Waals surface area (Å²) in [4.78, 5) is 13.1. The number of carbonyl (C=O) groups is 1. The molecular weight excluding hydrogens is 452 g/mol. The first-order valence-corrected chi connectivity index (χ1v) is 12.7. The van der Waals surface area contributed by atoms with Crippen LogP contribution in [0.5, 0.6) is 5.75 Å². The Morgan fingerprint density at radius 1 is 0.944 bits per heavy atom.